The van der Waals surface area contributed by atoms with Gasteiger partial charge in [0.15, 0.2) is 5.96 Å². The highest BCUT2D eigenvalue weighted by atomic mass is 127. The van der Waals surface area contributed by atoms with Gasteiger partial charge in [0.25, 0.3) is 0 Å². The summed E-state index contributed by atoms with van der Waals surface area (Å²) in [6, 6.07) is 10.7. The quantitative estimate of drug-likeness (QED) is 0.384. The first-order chi connectivity index (χ1) is 11.9. The van der Waals surface area contributed by atoms with Gasteiger partial charge < -0.3 is 10.6 Å². The van der Waals surface area contributed by atoms with E-state index in [0.717, 1.165) is 6.42 Å². The molecule has 0 spiro atoms. The van der Waals surface area contributed by atoms with Gasteiger partial charge in [0.05, 0.1) is 6.54 Å². The number of alkyl halides is 3. The summed E-state index contributed by atoms with van der Waals surface area (Å²) >= 11 is 0. The minimum absolute atomic E-state index is 0. The molecule has 0 aromatic heterocycles. The van der Waals surface area contributed by atoms with Crippen LogP contribution in [0.5, 0.6) is 0 Å². The Hall–Kier alpha value is -1.03. The summed E-state index contributed by atoms with van der Waals surface area (Å²) < 4.78 is 37.5. The van der Waals surface area contributed by atoms with Crippen molar-refractivity contribution in [2.45, 2.75) is 43.9 Å². The summed E-state index contributed by atoms with van der Waals surface area (Å²) in [4.78, 5) is 5.90. The van der Waals surface area contributed by atoms with Crippen molar-refractivity contribution in [2.75, 3.05) is 26.2 Å². The Labute approximate surface area is 169 Å². The number of nitrogens with one attached hydrogen (secondary N) is 2. The van der Waals surface area contributed by atoms with Gasteiger partial charge in [-0.15, -0.1) is 24.0 Å². The van der Waals surface area contributed by atoms with Crippen LogP contribution in [0.3, 0.4) is 0 Å². The maximum absolute atomic E-state index is 12.5. The van der Waals surface area contributed by atoms with Gasteiger partial charge in [0, 0.05) is 37.6 Å². The van der Waals surface area contributed by atoms with E-state index in [1.165, 1.54) is 10.5 Å². The Bertz CT molecular complexity index is 594. The summed E-state index contributed by atoms with van der Waals surface area (Å²) in [6.45, 7) is 2.62. The number of rotatable bonds is 5. The van der Waals surface area contributed by atoms with E-state index in [-0.39, 0.29) is 30.0 Å². The van der Waals surface area contributed by atoms with Crippen LogP contribution in [0.25, 0.3) is 0 Å². The lowest BCUT2D eigenvalue weighted by Gasteiger charge is -2.20. The summed E-state index contributed by atoms with van der Waals surface area (Å²) in [5.74, 6) is 1.19. The molecule has 1 aromatic carbocycles. The third kappa shape index (κ3) is 6.29. The van der Waals surface area contributed by atoms with E-state index in [2.05, 4.69) is 27.8 Å². The zero-order valence-electron chi connectivity index (χ0n) is 14.8. The fourth-order valence-electron chi connectivity index (χ4n) is 3.43. The van der Waals surface area contributed by atoms with Crippen LogP contribution in [-0.2, 0) is 0 Å². The Morgan fingerprint density at radius 2 is 1.96 bits per heavy atom. The second-order valence-corrected chi connectivity index (χ2v) is 6.81. The van der Waals surface area contributed by atoms with Crippen LogP contribution < -0.4 is 10.6 Å². The summed E-state index contributed by atoms with van der Waals surface area (Å²) in [6.07, 6.45) is -2.38. The average molecular weight is 482 g/mol. The first-order valence-electron chi connectivity index (χ1n) is 8.86. The molecule has 26 heavy (non-hydrogen) atoms. The summed E-state index contributed by atoms with van der Waals surface area (Å²) in [5.41, 5.74) is 1.31. The van der Waals surface area contributed by atoms with E-state index >= 15 is 0 Å². The molecule has 1 heterocycles. The van der Waals surface area contributed by atoms with Gasteiger partial charge in [0.1, 0.15) is 0 Å². The van der Waals surface area contributed by atoms with E-state index in [0.29, 0.717) is 44.0 Å². The number of guanidine groups is 1. The van der Waals surface area contributed by atoms with E-state index in [9.17, 15) is 13.2 Å². The highest BCUT2D eigenvalue weighted by molar-refractivity contribution is 14.0. The molecule has 146 valence electrons. The standard InChI is InChI=1S/C18H25F3N4.HI/c1-2-22-17(23-14-8-9-25(11-14)12-18(19,20)21)24-16-10-15(16)13-6-4-3-5-7-13;/h3-7,14-16H,2,8-12H2,1H3,(H2,22,23,24);1H. The molecule has 3 rings (SSSR count). The molecule has 1 aliphatic heterocycles. The molecule has 4 nitrogen and oxygen atoms in total. The second kappa shape index (κ2) is 9.25. The maximum atomic E-state index is 12.5. The van der Waals surface area contributed by atoms with E-state index < -0.39 is 12.7 Å². The molecule has 3 unspecified atom stereocenters. The van der Waals surface area contributed by atoms with E-state index in [1.807, 2.05) is 25.1 Å². The number of likely N-dealkylation sites (tertiary alicyclic amines) is 1. The lowest BCUT2D eigenvalue weighted by Crippen LogP contribution is -2.46. The molecule has 2 aliphatic rings. The van der Waals surface area contributed by atoms with Gasteiger partial charge in [-0.3, -0.25) is 9.89 Å². The molecule has 0 bridgehead atoms. The molecule has 1 aromatic rings. The molecule has 1 aliphatic carbocycles. The van der Waals surface area contributed by atoms with Crippen molar-refractivity contribution in [1.82, 2.24) is 15.5 Å². The lowest BCUT2D eigenvalue weighted by molar-refractivity contribution is -0.143. The van der Waals surface area contributed by atoms with Crippen molar-refractivity contribution in [1.29, 1.82) is 0 Å². The van der Waals surface area contributed by atoms with Gasteiger partial charge in [-0.25, -0.2) is 0 Å². The third-order valence-electron chi connectivity index (χ3n) is 4.67. The molecule has 3 atom stereocenters. The minimum Gasteiger partial charge on any atom is -0.353 e. The minimum atomic E-state index is -4.13. The SMILES string of the molecule is CCN=C(NC1CCN(CC(F)(F)F)C1)NC1CC1c1ccccc1.I. The van der Waals surface area contributed by atoms with E-state index in [1.54, 1.807) is 0 Å². The number of nitrogens with zero attached hydrogens (tertiary/aromatic N) is 2. The zero-order valence-corrected chi connectivity index (χ0v) is 17.1. The number of hydrogen-bond acceptors (Lipinski definition) is 2. The van der Waals surface area contributed by atoms with Crippen molar-refractivity contribution < 1.29 is 13.2 Å². The number of benzene rings is 1. The van der Waals surface area contributed by atoms with Gasteiger partial charge >= 0.3 is 6.18 Å². The number of halogens is 4. The van der Waals surface area contributed by atoms with Gasteiger partial charge in [0.2, 0.25) is 0 Å². The number of hydrogen-bond donors (Lipinski definition) is 2. The molecule has 2 fully saturated rings. The highest BCUT2D eigenvalue weighted by Crippen LogP contribution is 2.40. The molecular weight excluding hydrogens is 456 g/mol. The Morgan fingerprint density at radius 1 is 1.23 bits per heavy atom. The van der Waals surface area contributed by atoms with Gasteiger partial charge in [-0.2, -0.15) is 13.2 Å². The monoisotopic (exact) mass is 482 g/mol. The van der Waals surface area contributed by atoms with Crippen molar-refractivity contribution in [3.05, 3.63) is 35.9 Å². The Balaban J connectivity index is 0.00000243. The molecule has 0 radical (unpaired) electrons. The molecule has 1 saturated heterocycles. The first kappa shape index (κ1) is 21.3. The Kier molecular flexibility index (Phi) is 7.57. The maximum Gasteiger partial charge on any atom is 0.401 e. The van der Waals surface area contributed by atoms with E-state index in [4.69, 9.17) is 0 Å². The van der Waals surface area contributed by atoms with Gasteiger partial charge in [-0.05, 0) is 25.3 Å². The molecule has 8 heteroatoms. The normalized spacial score (nSPS) is 26.3. The van der Waals surface area contributed by atoms with Crippen LogP contribution in [0.15, 0.2) is 35.3 Å². The predicted molar refractivity (Wildman–Crippen MR) is 108 cm³/mol. The molecule has 1 saturated carbocycles. The predicted octanol–water partition coefficient (Wildman–Crippen LogP) is 3.35. The Morgan fingerprint density at radius 3 is 2.62 bits per heavy atom. The van der Waals surface area contributed by atoms with Crippen LogP contribution in [0, 0.1) is 0 Å². The highest BCUT2D eigenvalue weighted by Gasteiger charge is 2.39. The van der Waals surface area contributed by atoms with Crippen molar-refractivity contribution in [3.8, 4) is 0 Å². The molecule has 2 N–H and O–H groups in total. The molecular formula is C18H26F3IN4. The van der Waals surface area contributed by atoms with Crippen LogP contribution in [-0.4, -0.2) is 55.3 Å². The van der Waals surface area contributed by atoms with Gasteiger partial charge in [-0.1, -0.05) is 30.3 Å². The largest absolute Gasteiger partial charge is 0.401 e. The van der Waals surface area contributed by atoms with Crippen LogP contribution in [0.4, 0.5) is 13.2 Å². The molecule has 0 amide bonds. The van der Waals surface area contributed by atoms with Crippen molar-refractivity contribution in [3.63, 3.8) is 0 Å². The fourth-order valence-corrected chi connectivity index (χ4v) is 3.43. The second-order valence-electron chi connectivity index (χ2n) is 6.81. The van der Waals surface area contributed by atoms with Crippen molar-refractivity contribution in [2.24, 2.45) is 4.99 Å². The van der Waals surface area contributed by atoms with Crippen LogP contribution >= 0.6 is 24.0 Å². The average Bonchev–Trinajstić information content (AvgIpc) is 3.18. The van der Waals surface area contributed by atoms with Crippen molar-refractivity contribution >= 4 is 29.9 Å². The third-order valence-corrected chi connectivity index (χ3v) is 4.67. The fraction of sp³-hybridized carbons (Fsp3) is 0.611. The summed E-state index contributed by atoms with van der Waals surface area (Å²) in [5, 5.41) is 6.73. The summed E-state index contributed by atoms with van der Waals surface area (Å²) in [7, 11) is 0. The first-order valence-corrected chi connectivity index (χ1v) is 8.86. The topological polar surface area (TPSA) is 39.7 Å². The zero-order chi connectivity index (χ0) is 17.9. The van der Waals surface area contributed by atoms with Crippen LogP contribution in [0.1, 0.15) is 31.2 Å². The van der Waals surface area contributed by atoms with Crippen LogP contribution in [0.2, 0.25) is 0 Å². The smallest absolute Gasteiger partial charge is 0.353 e. The lowest BCUT2D eigenvalue weighted by atomic mass is 10.1. The number of aliphatic imine (C=N–C) groups is 1.